The van der Waals surface area contributed by atoms with E-state index in [-0.39, 0.29) is 23.6 Å². The Morgan fingerprint density at radius 2 is 1.62 bits per heavy atom. The fourth-order valence-electron chi connectivity index (χ4n) is 6.29. The number of hydrogen-bond acceptors (Lipinski definition) is 4. The third kappa shape index (κ3) is 3.85. The number of nitrogens with one attached hydrogen (secondary N) is 2. The van der Waals surface area contributed by atoms with Gasteiger partial charge < -0.3 is 20.3 Å². The van der Waals surface area contributed by atoms with Crippen LogP contribution < -0.4 is 10.6 Å². The van der Waals surface area contributed by atoms with Crippen molar-refractivity contribution in [2.45, 2.75) is 69.9 Å². The van der Waals surface area contributed by atoms with E-state index in [0.717, 1.165) is 30.6 Å². The zero-order chi connectivity index (χ0) is 18.1. The van der Waals surface area contributed by atoms with Crippen molar-refractivity contribution in [3.8, 4) is 0 Å². The minimum atomic E-state index is -0.235. The van der Waals surface area contributed by atoms with Gasteiger partial charge in [-0.1, -0.05) is 0 Å². The van der Waals surface area contributed by atoms with Gasteiger partial charge in [0.25, 0.3) is 0 Å². The molecule has 6 heteroatoms. The van der Waals surface area contributed by atoms with E-state index in [9.17, 15) is 9.59 Å². The molecule has 0 aromatic rings. The quantitative estimate of drug-likeness (QED) is 0.786. The molecule has 4 bridgehead atoms. The number of carbonyl (C=O) groups is 2. The summed E-state index contributed by atoms with van der Waals surface area (Å²) >= 11 is 0. The first kappa shape index (κ1) is 18.1. The van der Waals surface area contributed by atoms with Crippen LogP contribution in [0, 0.1) is 17.8 Å². The minimum Gasteiger partial charge on any atom is -0.450 e. The molecule has 146 valence electrons. The number of carbonyl (C=O) groups excluding carboxylic acids is 2. The van der Waals surface area contributed by atoms with Crippen molar-refractivity contribution in [2.24, 2.45) is 17.8 Å². The van der Waals surface area contributed by atoms with Gasteiger partial charge >= 0.3 is 6.09 Å². The third-order valence-corrected chi connectivity index (χ3v) is 7.05. The van der Waals surface area contributed by atoms with Crippen LogP contribution in [-0.2, 0) is 9.53 Å². The second-order valence-corrected chi connectivity index (χ2v) is 9.08. The molecule has 1 aliphatic heterocycles. The van der Waals surface area contributed by atoms with E-state index < -0.39 is 0 Å². The summed E-state index contributed by atoms with van der Waals surface area (Å²) in [7, 11) is 0. The number of nitrogens with zero attached hydrogens (tertiary/aromatic N) is 1. The minimum absolute atomic E-state index is 0.107. The summed E-state index contributed by atoms with van der Waals surface area (Å²) in [6.45, 7) is 3.98. The summed E-state index contributed by atoms with van der Waals surface area (Å²) < 4.78 is 5.04. The van der Waals surface area contributed by atoms with Gasteiger partial charge in [-0.3, -0.25) is 4.79 Å². The second kappa shape index (κ2) is 7.37. The van der Waals surface area contributed by atoms with E-state index in [2.05, 4.69) is 10.6 Å². The first-order valence-corrected chi connectivity index (χ1v) is 10.5. The number of amides is 2. The highest BCUT2D eigenvalue weighted by molar-refractivity contribution is 5.78. The fraction of sp³-hybridized carbons (Fsp3) is 0.900. The first-order chi connectivity index (χ1) is 12.5. The molecule has 6 nitrogen and oxygen atoms in total. The molecule has 4 saturated carbocycles. The zero-order valence-corrected chi connectivity index (χ0v) is 16.0. The third-order valence-electron chi connectivity index (χ3n) is 7.05. The van der Waals surface area contributed by atoms with E-state index in [0.29, 0.717) is 26.2 Å². The van der Waals surface area contributed by atoms with Gasteiger partial charge in [-0.05, 0) is 76.0 Å². The molecular weight excluding hydrogens is 330 g/mol. The monoisotopic (exact) mass is 363 g/mol. The Balaban J connectivity index is 1.20. The molecule has 5 rings (SSSR count). The molecule has 5 fully saturated rings. The van der Waals surface area contributed by atoms with E-state index in [4.69, 9.17) is 4.74 Å². The topological polar surface area (TPSA) is 70.7 Å². The highest BCUT2D eigenvalue weighted by atomic mass is 16.6. The van der Waals surface area contributed by atoms with Crippen molar-refractivity contribution in [2.75, 3.05) is 26.2 Å². The molecular formula is C20H33N3O3. The smallest absolute Gasteiger partial charge is 0.409 e. The van der Waals surface area contributed by atoms with Crippen LogP contribution in [0.2, 0.25) is 0 Å². The average Bonchev–Trinajstić information content (AvgIpc) is 2.60. The Morgan fingerprint density at radius 3 is 2.15 bits per heavy atom. The number of rotatable bonds is 5. The molecule has 1 heterocycles. The Morgan fingerprint density at radius 1 is 1.04 bits per heavy atom. The van der Waals surface area contributed by atoms with Crippen LogP contribution in [0.15, 0.2) is 0 Å². The molecule has 26 heavy (non-hydrogen) atoms. The fourth-order valence-corrected chi connectivity index (χ4v) is 6.29. The number of piperidine rings is 1. The first-order valence-electron chi connectivity index (χ1n) is 10.5. The molecule has 5 aliphatic rings. The lowest BCUT2D eigenvalue weighted by molar-refractivity contribution is -0.122. The number of hydrogen-bond donors (Lipinski definition) is 2. The molecule has 0 spiro atoms. The van der Waals surface area contributed by atoms with Crippen LogP contribution in [0.25, 0.3) is 0 Å². The molecule has 4 aliphatic carbocycles. The van der Waals surface area contributed by atoms with Gasteiger partial charge in [-0.25, -0.2) is 4.79 Å². The van der Waals surface area contributed by atoms with Crippen molar-refractivity contribution < 1.29 is 14.3 Å². The average molecular weight is 364 g/mol. The SMILES string of the molecule is CCOC(=O)N1CCC(NC(=O)CNC23CC4CC(CC(C4)C2)C3)CC1. The lowest BCUT2D eigenvalue weighted by Gasteiger charge is -2.57. The normalized spacial score (nSPS) is 36.2. The lowest BCUT2D eigenvalue weighted by atomic mass is 9.53. The Kier molecular flexibility index (Phi) is 5.13. The predicted molar refractivity (Wildman–Crippen MR) is 98.7 cm³/mol. The van der Waals surface area contributed by atoms with E-state index in [1.807, 2.05) is 6.92 Å². The van der Waals surface area contributed by atoms with Gasteiger partial charge in [-0.15, -0.1) is 0 Å². The molecule has 0 aromatic heterocycles. The summed E-state index contributed by atoms with van der Waals surface area (Å²) in [5.74, 6) is 2.78. The maximum absolute atomic E-state index is 12.4. The van der Waals surface area contributed by atoms with Crippen molar-refractivity contribution in [3.63, 3.8) is 0 Å². The second-order valence-electron chi connectivity index (χ2n) is 9.08. The van der Waals surface area contributed by atoms with Crippen molar-refractivity contribution >= 4 is 12.0 Å². The molecule has 0 unspecified atom stereocenters. The van der Waals surface area contributed by atoms with Gasteiger partial charge in [-0.2, -0.15) is 0 Å². The van der Waals surface area contributed by atoms with Crippen molar-refractivity contribution in [3.05, 3.63) is 0 Å². The molecule has 0 radical (unpaired) electrons. The lowest BCUT2D eigenvalue weighted by Crippen LogP contribution is -2.60. The highest BCUT2D eigenvalue weighted by Crippen LogP contribution is 2.55. The predicted octanol–water partition coefficient (Wildman–Crippen LogP) is 2.28. The summed E-state index contributed by atoms with van der Waals surface area (Å²) in [5.41, 5.74) is 0.235. The van der Waals surface area contributed by atoms with Gasteiger partial charge in [0.2, 0.25) is 5.91 Å². The van der Waals surface area contributed by atoms with Gasteiger partial charge in [0, 0.05) is 24.7 Å². The maximum atomic E-state index is 12.4. The largest absolute Gasteiger partial charge is 0.450 e. The van der Waals surface area contributed by atoms with Crippen LogP contribution in [-0.4, -0.2) is 54.7 Å². The van der Waals surface area contributed by atoms with Crippen LogP contribution in [0.1, 0.15) is 58.3 Å². The van der Waals surface area contributed by atoms with Crippen molar-refractivity contribution in [1.82, 2.24) is 15.5 Å². The summed E-state index contributed by atoms with van der Waals surface area (Å²) in [6.07, 6.45) is 9.45. The van der Waals surface area contributed by atoms with Crippen LogP contribution in [0.3, 0.4) is 0 Å². The number of ether oxygens (including phenoxy) is 1. The molecule has 2 amide bonds. The van der Waals surface area contributed by atoms with E-state index >= 15 is 0 Å². The van der Waals surface area contributed by atoms with Gasteiger partial charge in [0.05, 0.1) is 13.2 Å². The zero-order valence-electron chi connectivity index (χ0n) is 16.0. The standard InChI is InChI=1S/C20H33N3O3/c1-2-26-19(25)23-5-3-17(4-6-23)22-18(24)13-21-20-10-14-7-15(11-20)9-16(8-14)12-20/h14-17,21H,2-13H2,1H3,(H,22,24). The Hall–Kier alpha value is -1.30. The summed E-state index contributed by atoms with van der Waals surface area (Å²) in [6, 6.07) is 0.173. The van der Waals surface area contributed by atoms with Crippen LogP contribution in [0.5, 0.6) is 0 Å². The van der Waals surface area contributed by atoms with E-state index in [1.165, 1.54) is 38.5 Å². The molecule has 2 N–H and O–H groups in total. The van der Waals surface area contributed by atoms with Crippen molar-refractivity contribution in [1.29, 1.82) is 0 Å². The summed E-state index contributed by atoms with van der Waals surface area (Å²) in [5, 5.41) is 6.83. The molecule has 0 atom stereocenters. The Bertz CT molecular complexity index is 507. The number of likely N-dealkylation sites (tertiary alicyclic amines) is 1. The Labute approximate surface area is 156 Å². The van der Waals surface area contributed by atoms with Gasteiger partial charge in [0.15, 0.2) is 0 Å². The van der Waals surface area contributed by atoms with Crippen LogP contribution in [0.4, 0.5) is 4.79 Å². The van der Waals surface area contributed by atoms with Gasteiger partial charge in [0.1, 0.15) is 0 Å². The highest BCUT2D eigenvalue weighted by Gasteiger charge is 2.50. The van der Waals surface area contributed by atoms with Crippen LogP contribution >= 0.6 is 0 Å². The molecule has 0 aromatic carbocycles. The summed E-state index contributed by atoms with van der Waals surface area (Å²) in [4.78, 5) is 25.9. The maximum Gasteiger partial charge on any atom is 0.409 e. The molecule has 1 saturated heterocycles. The van der Waals surface area contributed by atoms with E-state index in [1.54, 1.807) is 4.90 Å².